The van der Waals surface area contributed by atoms with Crippen LogP contribution in [-0.4, -0.2) is 33.0 Å². The van der Waals surface area contributed by atoms with Crippen LogP contribution < -0.4 is 0 Å². The second kappa shape index (κ2) is 7.17. The number of hydrogen-bond acceptors (Lipinski definition) is 4. The molecule has 1 fully saturated rings. The van der Waals surface area contributed by atoms with E-state index in [4.69, 9.17) is 4.74 Å². The van der Waals surface area contributed by atoms with Gasteiger partial charge in [-0.15, -0.1) is 5.10 Å². The van der Waals surface area contributed by atoms with Gasteiger partial charge < -0.3 is 4.74 Å². The maximum Gasteiger partial charge on any atom is 0.157 e. The number of rotatable bonds is 5. The highest BCUT2D eigenvalue weighted by Gasteiger charge is 2.29. The van der Waals surface area contributed by atoms with Crippen molar-refractivity contribution in [3.8, 4) is 0 Å². The molecule has 1 aromatic heterocycles. The summed E-state index contributed by atoms with van der Waals surface area (Å²) < 4.78 is 7.79. The van der Waals surface area contributed by atoms with Crippen LogP contribution in [0.3, 0.4) is 0 Å². The summed E-state index contributed by atoms with van der Waals surface area (Å²) >= 11 is 0. The molecule has 0 N–H and O–H groups in total. The summed E-state index contributed by atoms with van der Waals surface area (Å²) in [7, 11) is 0. The molecule has 1 aliphatic heterocycles. The highest BCUT2D eigenvalue weighted by molar-refractivity contribution is 5.21. The summed E-state index contributed by atoms with van der Waals surface area (Å²) in [6.45, 7) is 5.32. The van der Waals surface area contributed by atoms with Crippen LogP contribution in [0.5, 0.6) is 0 Å². The van der Waals surface area contributed by atoms with Crippen LogP contribution in [0, 0.1) is 6.92 Å². The smallest absolute Gasteiger partial charge is 0.157 e. The van der Waals surface area contributed by atoms with Crippen LogP contribution in [-0.2, 0) is 17.8 Å². The average molecular weight is 334 g/mol. The Bertz CT molecular complexity index is 813. The van der Waals surface area contributed by atoms with E-state index in [2.05, 4.69) is 58.5 Å². The summed E-state index contributed by atoms with van der Waals surface area (Å²) in [4.78, 5) is 2.31. The largest absolute Gasteiger partial charge is 0.356 e. The highest BCUT2D eigenvalue weighted by Crippen LogP contribution is 2.27. The quantitative estimate of drug-likeness (QED) is 0.719. The number of hydrogen-bond donors (Lipinski definition) is 0. The Kier molecular flexibility index (Phi) is 4.59. The van der Waals surface area contributed by atoms with Crippen molar-refractivity contribution in [2.45, 2.75) is 26.2 Å². The molecule has 1 saturated heterocycles. The van der Waals surface area contributed by atoms with Crippen molar-refractivity contribution in [2.24, 2.45) is 0 Å². The Balaban J connectivity index is 1.46. The molecule has 2 heterocycles. The Morgan fingerprint density at radius 3 is 2.56 bits per heavy atom. The number of nitrogens with zero attached hydrogens (tertiary/aromatic N) is 4. The van der Waals surface area contributed by atoms with E-state index < -0.39 is 0 Å². The summed E-state index contributed by atoms with van der Waals surface area (Å²) in [5, 5.41) is 8.62. The van der Waals surface area contributed by atoms with Crippen molar-refractivity contribution in [3.63, 3.8) is 0 Å². The van der Waals surface area contributed by atoms with Gasteiger partial charge in [0.2, 0.25) is 0 Å². The molecule has 25 heavy (non-hydrogen) atoms. The predicted molar refractivity (Wildman–Crippen MR) is 95.8 cm³/mol. The Morgan fingerprint density at radius 1 is 1.00 bits per heavy atom. The molecule has 0 spiro atoms. The molecule has 0 saturated carbocycles. The van der Waals surface area contributed by atoms with Crippen LogP contribution in [0.15, 0.2) is 60.8 Å². The first-order valence-electron chi connectivity index (χ1n) is 8.63. The fourth-order valence-corrected chi connectivity index (χ4v) is 3.14. The van der Waals surface area contributed by atoms with Crippen LogP contribution >= 0.6 is 0 Å². The lowest BCUT2D eigenvalue weighted by molar-refractivity contribution is 0.0252. The minimum Gasteiger partial charge on any atom is -0.356 e. The van der Waals surface area contributed by atoms with E-state index in [0.29, 0.717) is 0 Å². The minimum absolute atomic E-state index is 0.120. The zero-order chi connectivity index (χ0) is 17.1. The Labute approximate surface area is 147 Å². The summed E-state index contributed by atoms with van der Waals surface area (Å²) in [5.41, 5.74) is 4.66. The van der Waals surface area contributed by atoms with Gasteiger partial charge in [-0.1, -0.05) is 65.4 Å². The minimum atomic E-state index is -0.120. The third-order valence-corrected chi connectivity index (χ3v) is 4.49. The Hall–Kier alpha value is -2.50. The molecule has 0 radical (unpaired) electrons. The first-order chi connectivity index (χ1) is 12.3. The predicted octanol–water partition coefficient (Wildman–Crippen LogP) is 3.17. The maximum absolute atomic E-state index is 5.92. The number of benzene rings is 2. The van der Waals surface area contributed by atoms with Gasteiger partial charge in [-0.2, -0.15) is 0 Å². The van der Waals surface area contributed by atoms with Crippen LogP contribution in [0.1, 0.15) is 28.6 Å². The van der Waals surface area contributed by atoms with Gasteiger partial charge in [0.15, 0.2) is 6.23 Å². The molecule has 0 bridgehead atoms. The molecule has 128 valence electrons. The van der Waals surface area contributed by atoms with E-state index in [-0.39, 0.29) is 6.23 Å². The SMILES string of the molecule is Cc1ccc(CN2CCOC2c2cn(Cc3ccccc3)nn2)cc1. The zero-order valence-corrected chi connectivity index (χ0v) is 14.4. The summed E-state index contributed by atoms with van der Waals surface area (Å²) in [6, 6.07) is 18.9. The van der Waals surface area contributed by atoms with Crippen molar-refractivity contribution in [3.05, 3.63) is 83.2 Å². The zero-order valence-electron chi connectivity index (χ0n) is 14.4. The third-order valence-electron chi connectivity index (χ3n) is 4.49. The number of ether oxygens (including phenoxy) is 1. The molecule has 3 aromatic rings. The van der Waals surface area contributed by atoms with Crippen molar-refractivity contribution < 1.29 is 4.74 Å². The standard InChI is InChI=1S/C20H22N4O/c1-16-7-9-18(10-8-16)13-23-11-12-25-20(23)19-15-24(22-21-19)14-17-5-3-2-4-6-17/h2-10,15,20H,11-14H2,1H3. The van der Waals surface area contributed by atoms with Gasteiger partial charge in [-0.3, -0.25) is 4.90 Å². The molecular formula is C20H22N4O. The van der Waals surface area contributed by atoms with Gasteiger partial charge in [-0.05, 0) is 18.1 Å². The van der Waals surface area contributed by atoms with Gasteiger partial charge in [0.25, 0.3) is 0 Å². The topological polar surface area (TPSA) is 43.2 Å². The first kappa shape index (κ1) is 16.0. The van der Waals surface area contributed by atoms with Crippen LogP contribution in [0.25, 0.3) is 0 Å². The van der Waals surface area contributed by atoms with Crippen LogP contribution in [0.4, 0.5) is 0 Å². The van der Waals surface area contributed by atoms with Gasteiger partial charge in [0.1, 0.15) is 5.69 Å². The molecule has 1 aliphatic rings. The molecule has 1 atom stereocenters. The average Bonchev–Trinajstić information content (AvgIpc) is 3.27. The number of aryl methyl sites for hydroxylation is 1. The second-order valence-corrected chi connectivity index (χ2v) is 6.51. The summed E-state index contributed by atoms with van der Waals surface area (Å²) in [6.07, 6.45) is 1.87. The molecule has 1 unspecified atom stereocenters. The molecular weight excluding hydrogens is 312 g/mol. The van der Waals surface area contributed by atoms with Crippen molar-refractivity contribution in [1.29, 1.82) is 0 Å². The van der Waals surface area contributed by atoms with Crippen molar-refractivity contribution in [2.75, 3.05) is 13.2 Å². The van der Waals surface area contributed by atoms with E-state index in [1.807, 2.05) is 29.1 Å². The molecule has 0 amide bonds. The van der Waals surface area contributed by atoms with Gasteiger partial charge in [0, 0.05) is 13.1 Å². The van der Waals surface area contributed by atoms with Gasteiger partial charge in [0.05, 0.1) is 19.3 Å². The van der Waals surface area contributed by atoms with E-state index in [0.717, 1.165) is 31.9 Å². The van der Waals surface area contributed by atoms with E-state index >= 15 is 0 Å². The highest BCUT2D eigenvalue weighted by atomic mass is 16.5. The van der Waals surface area contributed by atoms with Gasteiger partial charge >= 0.3 is 0 Å². The lowest BCUT2D eigenvalue weighted by Gasteiger charge is -2.21. The first-order valence-corrected chi connectivity index (χ1v) is 8.63. The molecule has 5 heteroatoms. The molecule has 0 aliphatic carbocycles. The normalized spacial score (nSPS) is 17.9. The summed E-state index contributed by atoms with van der Waals surface area (Å²) in [5.74, 6) is 0. The van der Waals surface area contributed by atoms with E-state index in [1.54, 1.807) is 0 Å². The number of aromatic nitrogens is 3. The monoisotopic (exact) mass is 334 g/mol. The van der Waals surface area contributed by atoms with Crippen molar-refractivity contribution >= 4 is 0 Å². The fraction of sp³-hybridized carbons (Fsp3) is 0.300. The lowest BCUT2D eigenvalue weighted by atomic mass is 10.1. The molecule has 5 nitrogen and oxygen atoms in total. The fourth-order valence-electron chi connectivity index (χ4n) is 3.14. The lowest BCUT2D eigenvalue weighted by Crippen LogP contribution is -2.23. The van der Waals surface area contributed by atoms with Gasteiger partial charge in [-0.25, -0.2) is 4.68 Å². The van der Waals surface area contributed by atoms with E-state index in [1.165, 1.54) is 16.7 Å². The molecule has 2 aromatic carbocycles. The Morgan fingerprint density at radius 2 is 1.76 bits per heavy atom. The van der Waals surface area contributed by atoms with E-state index in [9.17, 15) is 0 Å². The molecule has 4 rings (SSSR count). The van der Waals surface area contributed by atoms with Crippen molar-refractivity contribution in [1.82, 2.24) is 19.9 Å². The second-order valence-electron chi connectivity index (χ2n) is 6.51. The van der Waals surface area contributed by atoms with Crippen LogP contribution in [0.2, 0.25) is 0 Å². The maximum atomic E-state index is 5.92. The third kappa shape index (κ3) is 3.78.